The Morgan fingerprint density at radius 1 is 1.47 bits per heavy atom. The average molecular weight is 212 g/mol. The van der Waals surface area contributed by atoms with Gasteiger partial charge in [0.05, 0.1) is 11.9 Å². The van der Waals surface area contributed by atoms with E-state index < -0.39 is 0 Å². The molecule has 0 bridgehead atoms. The standard InChI is InChI=1S/C13H24O2/c1-9(10(2)14)5-6-11-7-8-12(15)13(11,3)4/h8-11,14-15H,5-7H2,1-4H3. The third kappa shape index (κ3) is 2.75. The molecule has 3 unspecified atom stereocenters. The van der Waals surface area contributed by atoms with Crippen LogP contribution in [0.4, 0.5) is 0 Å². The zero-order chi connectivity index (χ0) is 11.6. The second-order valence-electron chi connectivity index (χ2n) is 5.54. The molecule has 0 aromatic heterocycles. The molecule has 0 heterocycles. The van der Waals surface area contributed by atoms with Crippen LogP contribution in [0.2, 0.25) is 0 Å². The lowest BCUT2D eigenvalue weighted by Gasteiger charge is -2.29. The summed E-state index contributed by atoms with van der Waals surface area (Å²) < 4.78 is 0. The van der Waals surface area contributed by atoms with Gasteiger partial charge >= 0.3 is 0 Å². The van der Waals surface area contributed by atoms with E-state index in [1.807, 2.05) is 13.0 Å². The number of hydrogen-bond acceptors (Lipinski definition) is 2. The van der Waals surface area contributed by atoms with Crippen molar-refractivity contribution in [3.8, 4) is 0 Å². The van der Waals surface area contributed by atoms with Crippen LogP contribution < -0.4 is 0 Å². The molecule has 2 N–H and O–H groups in total. The number of aliphatic hydroxyl groups is 2. The van der Waals surface area contributed by atoms with Crippen LogP contribution in [0.15, 0.2) is 11.8 Å². The minimum absolute atomic E-state index is 0.0710. The normalized spacial score (nSPS) is 28.6. The van der Waals surface area contributed by atoms with Gasteiger partial charge in [0.25, 0.3) is 0 Å². The zero-order valence-electron chi connectivity index (χ0n) is 10.3. The van der Waals surface area contributed by atoms with Crippen LogP contribution in [0, 0.1) is 17.3 Å². The van der Waals surface area contributed by atoms with Crippen LogP contribution in [0.1, 0.15) is 47.0 Å². The highest BCUT2D eigenvalue weighted by Gasteiger charge is 2.37. The molecule has 2 nitrogen and oxygen atoms in total. The fraction of sp³-hybridized carbons (Fsp3) is 0.846. The van der Waals surface area contributed by atoms with Crippen LogP contribution in [-0.2, 0) is 0 Å². The summed E-state index contributed by atoms with van der Waals surface area (Å²) >= 11 is 0. The highest BCUT2D eigenvalue weighted by atomic mass is 16.3. The van der Waals surface area contributed by atoms with Crippen LogP contribution in [0.3, 0.4) is 0 Å². The van der Waals surface area contributed by atoms with Gasteiger partial charge in [0.15, 0.2) is 0 Å². The van der Waals surface area contributed by atoms with Crippen molar-refractivity contribution in [1.29, 1.82) is 0 Å². The van der Waals surface area contributed by atoms with E-state index in [0.717, 1.165) is 19.3 Å². The molecule has 0 aromatic carbocycles. The molecule has 88 valence electrons. The van der Waals surface area contributed by atoms with Gasteiger partial charge in [-0.15, -0.1) is 0 Å². The molecule has 1 aliphatic carbocycles. The molecule has 15 heavy (non-hydrogen) atoms. The monoisotopic (exact) mass is 212 g/mol. The third-order valence-corrected chi connectivity index (χ3v) is 4.07. The van der Waals surface area contributed by atoms with Crippen molar-refractivity contribution in [3.63, 3.8) is 0 Å². The predicted octanol–water partition coefficient (Wildman–Crippen LogP) is 3.27. The third-order valence-electron chi connectivity index (χ3n) is 4.07. The largest absolute Gasteiger partial charge is 0.512 e. The van der Waals surface area contributed by atoms with E-state index in [-0.39, 0.29) is 11.5 Å². The van der Waals surface area contributed by atoms with Gasteiger partial charge < -0.3 is 10.2 Å². The summed E-state index contributed by atoms with van der Waals surface area (Å²) in [4.78, 5) is 0. The first-order valence-electron chi connectivity index (χ1n) is 5.93. The van der Waals surface area contributed by atoms with Crippen molar-refractivity contribution in [3.05, 3.63) is 11.8 Å². The van der Waals surface area contributed by atoms with Crippen molar-refractivity contribution >= 4 is 0 Å². The molecule has 0 radical (unpaired) electrons. The number of hydrogen-bond donors (Lipinski definition) is 2. The van der Waals surface area contributed by atoms with Gasteiger partial charge in [0.1, 0.15) is 0 Å². The molecule has 3 atom stereocenters. The SMILES string of the molecule is CC(O)C(C)CCC1CC=C(O)C1(C)C. The summed E-state index contributed by atoms with van der Waals surface area (Å²) in [5.74, 6) is 1.42. The summed E-state index contributed by atoms with van der Waals surface area (Å²) in [6.45, 7) is 8.13. The Balaban J connectivity index is 2.42. The van der Waals surface area contributed by atoms with Crippen molar-refractivity contribution in [2.45, 2.75) is 53.1 Å². The summed E-state index contributed by atoms with van der Waals surface area (Å²) in [5, 5.41) is 19.1. The number of rotatable bonds is 4. The highest BCUT2D eigenvalue weighted by Crippen LogP contribution is 2.44. The van der Waals surface area contributed by atoms with Crippen molar-refractivity contribution in [2.24, 2.45) is 17.3 Å². The lowest BCUT2D eigenvalue weighted by molar-refractivity contribution is 0.116. The molecule has 0 aromatic rings. The molecule has 0 fully saturated rings. The van der Waals surface area contributed by atoms with E-state index in [2.05, 4.69) is 20.8 Å². The van der Waals surface area contributed by atoms with Gasteiger partial charge in [-0.25, -0.2) is 0 Å². The first-order valence-corrected chi connectivity index (χ1v) is 5.93. The fourth-order valence-corrected chi connectivity index (χ4v) is 2.20. The summed E-state index contributed by atoms with van der Waals surface area (Å²) in [5.41, 5.74) is -0.0710. The van der Waals surface area contributed by atoms with E-state index in [4.69, 9.17) is 0 Å². The van der Waals surface area contributed by atoms with Gasteiger partial charge in [-0.05, 0) is 44.1 Å². The lowest BCUT2D eigenvalue weighted by Crippen LogP contribution is -2.23. The number of aliphatic hydroxyl groups excluding tert-OH is 2. The smallest absolute Gasteiger partial charge is 0.0941 e. The van der Waals surface area contributed by atoms with E-state index in [1.54, 1.807) is 0 Å². The van der Waals surface area contributed by atoms with E-state index in [1.165, 1.54) is 0 Å². The minimum Gasteiger partial charge on any atom is -0.512 e. The Kier molecular flexibility index (Phi) is 3.82. The maximum absolute atomic E-state index is 9.71. The zero-order valence-corrected chi connectivity index (χ0v) is 10.3. The van der Waals surface area contributed by atoms with Crippen LogP contribution >= 0.6 is 0 Å². The molecule has 0 saturated heterocycles. The van der Waals surface area contributed by atoms with E-state index >= 15 is 0 Å². The Morgan fingerprint density at radius 3 is 2.47 bits per heavy atom. The summed E-state index contributed by atoms with van der Waals surface area (Å²) in [7, 11) is 0. The molecule has 0 spiro atoms. The molecular formula is C13H24O2. The number of allylic oxidation sites excluding steroid dienone is 2. The topological polar surface area (TPSA) is 40.5 Å². The van der Waals surface area contributed by atoms with Gasteiger partial charge in [0.2, 0.25) is 0 Å². The Labute approximate surface area is 93.0 Å². The molecule has 0 saturated carbocycles. The van der Waals surface area contributed by atoms with Crippen LogP contribution in [-0.4, -0.2) is 16.3 Å². The summed E-state index contributed by atoms with van der Waals surface area (Å²) in [6.07, 6.45) is 4.81. The predicted molar refractivity (Wildman–Crippen MR) is 62.7 cm³/mol. The van der Waals surface area contributed by atoms with Gasteiger partial charge in [-0.3, -0.25) is 0 Å². The molecule has 2 heteroatoms. The lowest BCUT2D eigenvalue weighted by atomic mass is 9.77. The van der Waals surface area contributed by atoms with Gasteiger partial charge in [-0.1, -0.05) is 20.8 Å². The maximum atomic E-state index is 9.71. The Morgan fingerprint density at radius 2 is 2.07 bits per heavy atom. The fourth-order valence-electron chi connectivity index (χ4n) is 2.20. The molecule has 1 aliphatic rings. The molecule has 0 amide bonds. The van der Waals surface area contributed by atoms with Gasteiger partial charge in [0, 0.05) is 5.41 Å². The molecule has 1 rings (SSSR count). The van der Waals surface area contributed by atoms with Crippen LogP contribution in [0.25, 0.3) is 0 Å². The Hall–Kier alpha value is -0.500. The maximum Gasteiger partial charge on any atom is 0.0941 e. The second-order valence-corrected chi connectivity index (χ2v) is 5.54. The van der Waals surface area contributed by atoms with Crippen molar-refractivity contribution < 1.29 is 10.2 Å². The van der Waals surface area contributed by atoms with Crippen molar-refractivity contribution in [1.82, 2.24) is 0 Å². The summed E-state index contributed by atoms with van der Waals surface area (Å²) in [6, 6.07) is 0. The van der Waals surface area contributed by atoms with E-state index in [0.29, 0.717) is 17.6 Å². The quantitative estimate of drug-likeness (QED) is 0.751. The van der Waals surface area contributed by atoms with E-state index in [9.17, 15) is 10.2 Å². The van der Waals surface area contributed by atoms with Crippen LogP contribution in [0.5, 0.6) is 0 Å². The Bertz CT molecular complexity index is 241. The first kappa shape index (κ1) is 12.6. The highest BCUT2D eigenvalue weighted by molar-refractivity contribution is 5.13. The first-order chi connectivity index (χ1) is 6.85. The molecule has 0 aliphatic heterocycles. The van der Waals surface area contributed by atoms with Gasteiger partial charge in [-0.2, -0.15) is 0 Å². The molecular weight excluding hydrogens is 188 g/mol. The second kappa shape index (κ2) is 4.56. The average Bonchev–Trinajstić information content (AvgIpc) is 2.39. The van der Waals surface area contributed by atoms with Crippen molar-refractivity contribution in [2.75, 3.05) is 0 Å². The minimum atomic E-state index is -0.226.